The molecule has 0 spiro atoms. The Kier molecular flexibility index (Phi) is 9.84. The maximum absolute atomic E-state index is 13.7. The number of anilines is 1. The van der Waals surface area contributed by atoms with Crippen molar-refractivity contribution in [1.82, 2.24) is 10.2 Å². The molecule has 2 aromatic carbocycles. The summed E-state index contributed by atoms with van der Waals surface area (Å²) in [5, 5.41) is 21.9. The number of amides is 1. The van der Waals surface area contributed by atoms with Crippen LogP contribution >= 0.6 is 34.4 Å². The number of aromatic nitrogens is 2. The van der Waals surface area contributed by atoms with E-state index in [0.717, 1.165) is 12.0 Å². The number of benzene rings is 2. The largest absolute Gasteiger partial charge is 0.503 e. The van der Waals surface area contributed by atoms with Crippen LogP contribution in [0.2, 0.25) is 0 Å². The van der Waals surface area contributed by atoms with Crippen molar-refractivity contribution in [2.24, 2.45) is 5.92 Å². The van der Waals surface area contributed by atoms with E-state index in [0.29, 0.717) is 51.2 Å². The second kappa shape index (κ2) is 13.7. The zero-order chi connectivity index (χ0) is 30.5. The van der Waals surface area contributed by atoms with Crippen molar-refractivity contribution in [3.63, 3.8) is 0 Å². The number of ether oxygens (including phenoxy) is 2. The Labute approximate surface area is 263 Å². The van der Waals surface area contributed by atoms with Crippen molar-refractivity contribution in [2.45, 2.75) is 50.3 Å². The van der Waals surface area contributed by atoms with Crippen LogP contribution in [0, 0.1) is 12.8 Å². The van der Waals surface area contributed by atoms with E-state index >= 15 is 0 Å². The Morgan fingerprint density at radius 2 is 1.88 bits per heavy atom. The maximum Gasteiger partial charge on any atom is 0.296 e. The number of hydrogen-bond acceptors (Lipinski definition) is 10. The van der Waals surface area contributed by atoms with Crippen LogP contribution in [0.15, 0.2) is 75.6 Å². The first-order chi connectivity index (χ1) is 20.8. The van der Waals surface area contributed by atoms with Gasteiger partial charge in [-0.3, -0.25) is 14.5 Å². The fraction of sp³-hybridized carbons (Fsp3) is 0.312. The zero-order valence-corrected chi connectivity index (χ0v) is 26.9. The van der Waals surface area contributed by atoms with Crippen molar-refractivity contribution in [2.75, 3.05) is 18.1 Å². The van der Waals surface area contributed by atoms with Crippen LogP contribution < -0.4 is 14.4 Å². The first kappa shape index (κ1) is 30.8. The quantitative estimate of drug-likeness (QED) is 0.0902. The minimum Gasteiger partial charge on any atom is -0.503 e. The van der Waals surface area contributed by atoms with E-state index in [4.69, 9.17) is 9.47 Å². The molecule has 2 aromatic heterocycles. The molecule has 0 aliphatic carbocycles. The molecule has 3 heterocycles. The van der Waals surface area contributed by atoms with E-state index in [1.165, 1.54) is 44.9 Å². The SMILES string of the molecule is CCOc1cc(C2C(C(=O)c3cccs3)=C(O)C(=O)N2c2nnc(SCc3ccc(C)cc3)s2)ccc1OCCC(C)C. The molecule has 11 heteroatoms. The number of carbonyl (C=O) groups is 2. The van der Waals surface area contributed by atoms with Crippen LogP contribution in [0.3, 0.4) is 0 Å². The third-order valence-electron chi connectivity index (χ3n) is 6.82. The van der Waals surface area contributed by atoms with Gasteiger partial charge in [-0.25, -0.2) is 0 Å². The van der Waals surface area contributed by atoms with Crippen molar-refractivity contribution < 1.29 is 24.2 Å². The topological polar surface area (TPSA) is 102 Å². The molecular weight excluding hydrogens is 603 g/mol. The number of aliphatic hydroxyl groups excluding tert-OH is 1. The molecule has 4 aromatic rings. The van der Waals surface area contributed by atoms with E-state index in [1.54, 1.807) is 35.7 Å². The van der Waals surface area contributed by atoms with Crippen LogP contribution in [-0.4, -0.2) is 40.2 Å². The molecule has 0 radical (unpaired) electrons. The maximum atomic E-state index is 13.7. The molecule has 1 amide bonds. The van der Waals surface area contributed by atoms with E-state index < -0.39 is 23.5 Å². The predicted molar refractivity (Wildman–Crippen MR) is 172 cm³/mol. The molecule has 1 N–H and O–H groups in total. The number of ketones is 1. The van der Waals surface area contributed by atoms with Crippen LogP contribution in [0.25, 0.3) is 0 Å². The Bertz CT molecular complexity index is 1610. The molecule has 1 atom stereocenters. The van der Waals surface area contributed by atoms with Gasteiger partial charge in [-0.15, -0.1) is 21.5 Å². The number of thioether (sulfide) groups is 1. The van der Waals surface area contributed by atoms with Crippen molar-refractivity contribution in [3.8, 4) is 11.5 Å². The van der Waals surface area contributed by atoms with Gasteiger partial charge in [-0.05, 0) is 60.9 Å². The predicted octanol–water partition coefficient (Wildman–Crippen LogP) is 7.81. The first-order valence-electron chi connectivity index (χ1n) is 14.0. The molecule has 224 valence electrons. The lowest BCUT2D eigenvalue weighted by molar-refractivity contribution is -0.117. The number of hydrogen-bond donors (Lipinski definition) is 1. The Morgan fingerprint density at radius 3 is 2.58 bits per heavy atom. The van der Waals surface area contributed by atoms with Crippen LogP contribution in [-0.2, 0) is 10.5 Å². The van der Waals surface area contributed by atoms with Gasteiger partial charge in [0.15, 0.2) is 21.6 Å². The smallest absolute Gasteiger partial charge is 0.296 e. The zero-order valence-electron chi connectivity index (χ0n) is 24.4. The lowest BCUT2D eigenvalue weighted by Gasteiger charge is -2.25. The summed E-state index contributed by atoms with van der Waals surface area (Å²) in [4.78, 5) is 29.1. The van der Waals surface area contributed by atoms with Gasteiger partial charge < -0.3 is 14.6 Å². The molecule has 0 bridgehead atoms. The number of aliphatic hydroxyl groups is 1. The minimum atomic E-state index is -0.936. The number of Topliss-reactive ketones (excluding diaryl/α,β-unsaturated/α-hetero) is 1. The number of thiophene rings is 1. The highest BCUT2D eigenvalue weighted by Gasteiger charge is 2.46. The molecule has 0 saturated carbocycles. The van der Waals surface area contributed by atoms with Crippen LogP contribution in [0.4, 0.5) is 5.13 Å². The van der Waals surface area contributed by atoms with Gasteiger partial charge in [0.05, 0.1) is 29.7 Å². The molecule has 1 aliphatic rings. The number of carbonyl (C=O) groups excluding carboxylic acids is 2. The standard InChI is InChI=1S/C32H33N3O5S3/c1-5-39-24-17-22(12-13-23(24)40-15-14-19(2)3)27-26(28(36)25-7-6-16-41-25)29(37)30(38)35(27)31-33-34-32(43-31)42-18-21-10-8-20(4)9-11-21/h6-13,16-17,19,27,37H,5,14-15,18H2,1-4H3. The van der Waals surface area contributed by atoms with Crippen LogP contribution in [0.1, 0.15) is 59.6 Å². The highest BCUT2D eigenvalue weighted by Crippen LogP contribution is 2.46. The monoisotopic (exact) mass is 635 g/mol. The molecule has 0 fully saturated rings. The van der Waals surface area contributed by atoms with E-state index in [1.807, 2.05) is 13.8 Å². The van der Waals surface area contributed by atoms with E-state index in [-0.39, 0.29) is 10.7 Å². The van der Waals surface area contributed by atoms with Gasteiger partial charge >= 0.3 is 0 Å². The van der Waals surface area contributed by atoms with Crippen molar-refractivity contribution >= 4 is 51.3 Å². The molecule has 0 saturated heterocycles. The first-order valence-corrected chi connectivity index (χ1v) is 16.7. The van der Waals surface area contributed by atoms with Crippen molar-refractivity contribution in [3.05, 3.63) is 92.9 Å². The molecule has 8 nitrogen and oxygen atoms in total. The normalized spacial score (nSPS) is 15.0. The van der Waals surface area contributed by atoms with Gasteiger partial charge in [0, 0.05) is 5.75 Å². The van der Waals surface area contributed by atoms with Crippen LogP contribution in [0.5, 0.6) is 11.5 Å². The summed E-state index contributed by atoms with van der Waals surface area (Å²) >= 11 is 4.01. The lowest BCUT2D eigenvalue weighted by atomic mass is 9.95. The fourth-order valence-electron chi connectivity index (χ4n) is 4.56. The highest BCUT2D eigenvalue weighted by atomic mass is 32.2. The molecule has 1 aliphatic heterocycles. The van der Waals surface area contributed by atoms with Gasteiger partial charge in [0.25, 0.3) is 5.91 Å². The highest BCUT2D eigenvalue weighted by molar-refractivity contribution is 8.00. The summed E-state index contributed by atoms with van der Waals surface area (Å²) in [5.41, 5.74) is 2.91. The minimum absolute atomic E-state index is 0.00701. The third-order valence-corrected chi connectivity index (χ3v) is 9.81. The molecular formula is C32H33N3O5S3. The van der Waals surface area contributed by atoms with Gasteiger partial charge in [0.2, 0.25) is 10.9 Å². The summed E-state index contributed by atoms with van der Waals surface area (Å²) in [6, 6.07) is 16.1. The number of nitrogens with zero attached hydrogens (tertiary/aromatic N) is 3. The van der Waals surface area contributed by atoms with Gasteiger partial charge in [0.1, 0.15) is 0 Å². The van der Waals surface area contributed by atoms with E-state index in [9.17, 15) is 14.7 Å². The lowest BCUT2D eigenvalue weighted by Crippen LogP contribution is -2.31. The fourth-order valence-corrected chi connectivity index (χ4v) is 7.07. The molecule has 5 rings (SSSR count). The van der Waals surface area contributed by atoms with Crippen molar-refractivity contribution in [1.29, 1.82) is 0 Å². The Balaban J connectivity index is 1.50. The summed E-state index contributed by atoms with van der Waals surface area (Å²) in [6.45, 7) is 9.12. The summed E-state index contributed by atoms with van der Waals surface area (Å²) in [5.74, 6) is 0.535. The average Bonchev–Trinajstić information content (AvgIpc) is 3.74. The van der Waals surface area contributed by atoms with E-state index in [2.05, 4.69) is 48.3 Å². The Morgan fingerprint density at radius 1 is 1.09 bits per heavy atom. The summed E-state index contributed by atoms with van der Waals surface area (Å²) < 4.78 is 12.6. The molecule has 1 unspecified atom stereocenters. The molecule has 43 heavy (non-hydrogen) atoms. The third kappa shape index (κ3) is 6.95. The van der Waals surface area contributed by atoms with Gasteiger partial charge in [-0.1, -0.05) is 78.9 Å². The summed E-state index contributed by atoms with van der Waals surface area (Å²) in [6.07, 6.45) is 0.885. The van der Waals surface area contributed by atoms with Gasteiger partial charge in [-0.2, -0.15) is 0 Å². The Hall–Kier alpha value is -3.67. The second-order valence-electron chi connectivity index (χ2n) is 10.4. The summed E-state index contributed by atoms with van der Waals surface area (Å²) in [7, 11) is 0. The average molecular weight is 636 g/mol. The number of aryl methyl sites for hydroxylation is 1. The second-order valence-corrected chi connectivity index (χ2v) is 13.6. The number of rotatable bonds is 13.